The number of carbonyl (C=O) groups excluding carboxylic acids is 2. The van der Waals surface area contributed by atoms with Crippen molar-refractivity contribution in [3.63, 3.8) is 0 Å². The molecule has 0 aliphatic carbocycles. The summed E-state index contributed by atoms with van der Waals surface area (Å²) in [6.45, 7) is -1.34. The number of ether oxygens (including phenoxy) is 1. The highest BCUT2D eigenvalue weighted by molar-refractivity contribution is 8.15. The molecule has 2 aromatic rings. The Hall–Kier alpha value is -3.40. The van der Waals surface area contributed by atoms with Gasteiger partial charge in [0.05, 0.1) is 10.9 Å². The Bertz CT molecular complexity index is 1050. The van der Waals surface area contributed by atoms with Crippen molar-refractivity contribution < 1.29 is 23.1 Å². The van der Waals surface area contributed by atoms with Gasteiger partial charge in [-0.1, -0.05) is 23.9 Å². The van der Waals surface area contributed by atoms with E-state index in [0.717, 1.165) is 23.0 Å². The molecule has 3 rings (SSSR count). The summed E-state index contributed by atoms with van der Waals surface area (Å²) in [5.41, 5.74) is 7.72. The number of hydrogen-bond donors (Lipinski definition) is 1. The molecule has 2 amide bonds. The fourth-order valence-corrected chi connectivity index (χ4v) is 3.70. The number of alkyl halides is 2. The van der Waals surface area contributed by atoms with Crippen LogP contribution in [-0.2, 0) is 9.59 Å². The zero-order valence-electron chi connectivity index (χ0n) is 17.7. The predicted octanol–water partition coefficient (Wildman–Crippen LogP) is 3.70. The maximum Gasteiger partial charge on any atom is 0.387 e. The van der Waals surface area contributed by atoms with Gasteiger partial charge in [0.25, 0.3) is 5.91 Å². The summed E-state index contributed by atoms with van der Waals surface area (Å²) in [6, 6.07) is 13.2. The Labute approximate surface area is 188 Å². The third kappa shape index (κ3) is 5.44. The van der Waals surface area contributed by atoms with Gasteiger partial charge in [-0.25, -0.2) is 4.99 Å². The second kappa shape index (κ2) is 9.82. The molecule has 1 heterocycles. The van der Waals surface area contributed by atoms with Crippen LogP contribution in [0.1, 0.15) is 12.5 Å². The zero-order valence-corrected chi connectivity index (χ0v) is 18.5. The minimum Gasteiger partial charge on any atom is -0.435 e. The minimum atomic E-state index is -2.95. The molecular formula is C22H22F2N4O3S. The molecule has 32 heavy (non-hydrogen) atoms. The molecule has 1 atom stereocenters. The Balaban J connectivity index is 1.94. The lowest BCUT2D eigenvalue weighted by Gasteiger charge is -2.19. The van der Waals surface area contributed by atoms with Gasteiger partial charge in [0.1, 0.15) is 11.4 Å². The van der Waals surface area contributed by atoms with E-state index >= 15 is 0 Å². The number of benzene rings is 2. The molecule has 1 aliphatic heterocycles. The van der Waals surface area contributed by atoms with Gasteiger partial charge >= 0.3 is 6.61 Å². The first-order valence-electron chi connectivity index (χ1n) is 9.59. The molecule has 0 saturated carbocycles. The first-order chi connectivity index (χ1) is 15.2. The molecule has 0 fully saturated rings. The SMILES string of the molecule is CC(SC1=N/C(=C\c2ccc(N(C)C)cc2)C(=O)N1c1ccc(OC(F)F)cc1)C(N)=O. The number of anilines is 2. The zero-order chi connectivity index (χ0) is 23.4. The molecule has 0 aromatic heterocycles. The van der Waals surface area contributed by atoms with Crippen molar-refractivity contribution in [2.75, 3.05) is 23.9 Å². The lowest BCUT2D eigenvalue weighted by molar-refractivity contribution is -0.117. The third-order valence-electron chi connectivity index (χ3n) is 4.55. The van der Waals surface area contributed by atoms with E-state index in [4.69, 9.17) is 5.73 Å². The molecule has 1 unspecified atom stereocenters. The van der Waals surface area contributed by atoms with Crippen LogP contribution in [0.3, 0.4) is 0 Å². The van der Waals surface area contributed by atoms with Crippen LogP contribution in [-0.4, -0.2) is 42.9 Å². The number of thioether (sulfide) groups is 1. The summed E-state index contributed by atoms with van der Waals surface area (Å²) in [7, 11) is 3.86. The predicted molar refractivity (Wildman–Crippen MR) is 123 cm³/mol. The number of rotatable bonds is 7. The van der Waals surface area contributed by atoms with Crippen LogP contribution in [0.2, 0.25) is 0 Å². The van der Waals surface area contributed by atoms with Crippen LogP contribution in [0.25, 0.3) is 6.08 Å². The number of amidine groups is 1. The summed E-state index contributed by atoms with van der Waals surface area (Å²) in [5, 5.41) is -0.371. The van der Waals surface area contributed by atoms with Crippen molar-refractivity contribution in [3.8, 4) is 5.75 Å². The normalized spacial score (nSPS) is 15.8. The van der Waals surface area contributed by atoms with Gasteiger partial charge in [0.2, 0.25) is 5.91 Å². The molecule has 0 bridgehead atoms. The van der Waals surface area contributed by atoms with Gasteiger partial charge in [-0.15, -0.1) is 0 Å². The van der Waals surface area contributed by atoms with Gasteiger partial charge in [0, 0.05) is 19.8 Å². The van der Waals surface area contributed by atoms with Crippen LogP contribution in [0.5, 0.6) is 5.75 Å². The monoisotopic (exact) mass is 460 g/mol. The highest BCUT2D eigenvalue weighted by atomic mass is 32.2. The highest BCUT2D eigenvalue weighted by Crippen LogP contribution is 2.32. The summed E-state index contributed by atoms with van der Waals surface area (Å²) in [6.07, 6.45) is 1.64. The summed E-state index contributed by atoms with van der Waals surface area (Å²) < 4.78 is 29.2. The van der Waals surface area contributed by atoms with E-state index in [-0.39, 0.29) is 16.6 Å². The molecular weight excluding hydrogens is 438 g/mol. The van der Waals surface area contributed by atoms with E-state index in [1.807, 2.05) is 43.3 Å². The number of nitrogens with two attached hydrogens (primary N) is 1. The van der Waals surface area contributed by atoms with Crippen molar-refractivity contribution in [1.29, 1.82) is 0 Å². The standard InChI is InChI=1S/C22H22F2N4O3S/c1-13(19(25)29)32-22-26-18(12-14-4-6-15(7-5-14)27(2)3)20(30)28(22)16-8-10-17(11-9-16)31-21(23)24/h4-13,21H,1-3H3,(H2,25,29)/b18-12-. The van der Waals surface area contributed by atoms with Crippen LogP contribution in [0.4, 0.5) is 20.2 Å². The largest absolute Gasteiger partial charge is 0.435 e. The van der Waals surface area contributed by atoms with Gasteiger partial charge in [-0.3, -0.25) is 14.5 Å². The second-order valence-corrected chi connectivity index (χ2v) is 8.39. The van der Waals surface area contributed by atoms with E-state index in [1.165, 1.54) is 29.2 Å². The average molecular weight is 461 g/mol. The maximum atomic E-state index is 13.2. The first-order valence-corrected chi connectivity index (χ1v) is 10.5. The average Bonchev–Trinajstić information content (AvgIpc) is 3.03. The van der Waals surface area contributed by atoms with Crippen molar-refractivity contribution in [2.24, 2.45) is 10.7 Å². The van der Waals surface area contributed by atoms with Gasteiger partial charge in [-0.2, -0.15) is 8.78 Å². The van der Waals surface area contributed by atoms with E-state index < -0.39 is 23.7 Å². The Kier molecular flexibility index (Phi) is 7.14. The Morgan fingerprint density at radius 3 is 2.31 bits per heavy atom. The molecule has 168 valence electrons. The van der Waals surface area contributed by atoms with E-state index in [1.54, 1.807) is 13.0 Å². The van der Waals surface area contributed by atoms with Crippen LogP contribution < -0.4 is 20.3 Å². The van der Waals surface area contributed by atoms with Gasteiger partial charge < -0.3 is 15.4 Å². The van der Waals surface area contributed by atoms with Crippen LogP contribution in [0.15, 0.2) is 59.2 Å². The van der Waals surface area contributed by atoms with E-state index in [2.05, 4.69) is 9.73 Å². The Morgan fingerprint density at radius 1 is 1.16 bits per heavy atom. The summed E-state index contributed by atoms with van der Waals surface area (Å²) in [5.74, 6) is -1.00. The number of halogens is 2. The smallest absolute Gasteiger partial charge is 0.387 e. The second-order valence-electron chi connectivity index (χ2n) is 7.09. The quantitative estimate of drug-likeness (QED) is 0.637. The van der Waals surface area contributed by atoms with Crippen molar-refractivity contribution >= 4 is 46.2 Å². The first kappa shape index (κ1) is 23.3. The van der Waals surface area contributed by atoms with Crippen molar-refractivity contribution in [3.05, 3.63) is 59.8 Å². The van der Waals surface area contributed by atoms with Gasteiger partial charge in [-0.05, 0) is 55.0 Å². The van der Waals surface area contributed by atoms with Crippen LogP contribution >= 0.6 is 11.8 Å². The molecule has 1 aliphatic rings. The van der Waals surface area contributed by atoms with Crippen LogP contribution in [0, 0.1) is 0 Å². The van der Waals surface area contributed by atoms with E-state index in [0.29, 0.717) is 5.69 Å². The molecule has 0 saturated heterocycles. The molecule has 7 nitrogen and oxygen atoms in total. The lowest BCUT2D eigenvalue weighted by Crippen LogP contribution is -2.33. The summed E-state index contributed by atoms with van der Waals surface area (Å²) >= 11 is 1.04. The third-order valence-corrected chi connectivity index (χ3v) is 5.62. The number of amides is 2. The lowest BCUT2D eigenvalue weighted by atomic mass is 10.1. The van der Waals surface area contributed by atoms with Gasteiger partial charge in [0.15, 0.2) is 5.17 Å². The van der Waals surface area contributed by atoms with Crippen molar-refractivity contribution in [1.82, 2.24) is 0 Å². The highest BCUT2D eigenvalue weighted by Gasteiger charge is 2.33. The number of hydrogen-bond acceptors (Lipinski definition) is 6. The molecule has 10 heteroatoms. The Morgan fingerprint density at radius 2 is 1.78 bits per heavy atom. The topological polar surface area (TPSA) is 88.2 Å². The number of carbonyl (C=O) groups is 2. The fourth-order valence-electron chi connectivity index (χ4n) is 2.82. The maximum absolute atomic E-state index is 13.2. The minimum absolute atomic E-state index is 0.0382. The van der Waals surface area contributed by atoms with Crippen molar-refractivity contribution in [2.45, 2.75) is 18.8 Å². The number of nitrogens with zero attached hydrogens (tertiary/aromatic N) is 3. The number of primary amides is 1. The molecule has 2 N–H and O–H groups in total. The fraction of sp³-hybridized carbons (Fsp3) is 0.227. The molecule has 0 spiro atoms. The van der Waals surface area contributed by atoms with E-state index in [9.17, 15) is 18.4 Å². The molecule has 2 aromatic carbocycles. The molecule has 0 radical (unpaired) electrons. The number of aliphatic imine (C=N–C) groups is 1. The summed E-state index contributed by atoms with van der Waals surface area (Å²) in [4.78, 5) is 32.4.